The summed E-state index contributed by atoms with van der Waals surface area (Å²) in [6.45, 7) is 3.49. The Hall–Kier alpha value is -5.47. The van der Waals surface area contributed by atoms with E-state index < -0.39 is 39.1 Å². The maximum Gasteiger partial charge on any atom is 1.00 e. The standard InChI is InChI=1S/C16H17N3OS.C13H11NO3S.C13H13NOS.C7H8OS.C6H4ClNO2.C3H5ClN2.2ClH.Na.H2O4S.Sn.H/c1-20-13-4-8-15(9-5-13)21-14-6-2-12(3-7-14)19-16-17-10-11-18-16;1-17-11-4-8-13(9-5-11)18-12-6-2-10(3-7-12)14(15)16;1-15-11-4-8-13(9-5-11)16-12-6-2-10(14)3-7-12;1-8-6-2-4-7(9)5-3-6;7-5-1-3-6(4-2-5)8(9)10;4-3-5-1-2-6-3;;;;1-5(2,3)4;;/h2-9H,10-11H2,1H3,(H2,17,18,19);2-9H,1H3;2-9H,14H2,1H3;2-5,9H,1H3;1-4H;1-2H2,(H,5,6);2*1H;;(H2,1,2,3,4);;/q;;;;;;;;+1;;+2;-1/p-2. The van der Waals surface area contributed by atoms with E-state index in [4.69, 9.17) is 83.2 Å². The Morgan fingerprint density at radius 2 is 0.843 bits per heavy atom. The molecule has 8 aromatic rings. The van der Waals surface area contributed by atoms with Crippen LogP contribution < -0.4 is 70.2 Å². The Morgan fingerprint density at radius 3 is 1.12 bits per heavy atom. The summed E-state index contributed by atoms with van der Waals surface area (Å²) in [6.07, 6.45) is 0. The van der Waals surface area contributed by atoms with Crippen LogP contribution in [0.4, 0.5) is 22.7 Å². The number of benzene rings is 8. The van der Waals surface area contributed by atoms with E-state index in [-0.39, 0.29) is 42.4 Å². The maximum atomic E-state index is 10.5. The molecule has 0 fully saturated rings. The van der Waals surface area contributed by atoms with Crippen LogP contribution in [-0.4, -0.2) is 112 Å². The number of nitro benzene ring substituents is 2. The number of methoxy groups -OCH3 is 4. The second kappa shape index (κ2) is 45.7. The van der Waals surface area contributed by atoms with Crippen molar-refractivity contribution >= 4 is 152 Å². The van der Waals surface area contributed by atoms with Gasteiger partial charge in [-0.1, -0.05) is 46.9 Å². The normalized spacial score (nSPS) is 11.2. The number of thiol groups is 1. The first-order chi connectivity index (χ1) is 42.1. The summed E-state index contributed by atoms with van der Waals surface area (Å²) in [5.41, 5.74) is 7.63. The molecule has 0 atom stereocenters. The van der Waals surface area contributed by atoms with Gasteiger partial charge in [-0.05, 0) is 181 Å². The molecule has 20 nitrogen and oxygen atoms in total. The van der Waals surface area contributed by atoms with E-state index in [0.717, 1.165) is 81.2 Å². The first kappa shape index (κ1) is 79.6. The van der Waals surface area contributed by atoms with Crippen LogP contribution in [0, 0.1) is 20.2 Å². The molecule has 0 amide bonds. The minimum Gasteiger partial charge on any atom is -1.00 e. The number of ether oxygens (including phenoxy) is 4. The number of non-ortho nitro benzene ring substituents is 2. The van der Waals surface area contributed by atoms with Crippen molar-refractivity contribution in [3.63, 3.8) is 0 Å². The quantitative estimate of drug-likeness (QED) is 0.0107. The number of guanidine groups is 1. The van der Waals surface area contributed by atoms with Gasteiger partial charge in [0.2, 0.25) is 0 Å². The van der Waals surface area contributed by atoms with Gasteiger partial charge in [-0.3, -0.25) is 39.3 Å². The first-order valence-electron chi connectivity index (χ1n) is 25.2. The zero-order valence-corrected chi connectivity index (χ0v) is 60.3. The molecule has 2 radical (unpaired) electrons. The smallest absolute Gasteiger partial charge is 1.00 e. The summed E-state index contributed by atoms with van der Waals surface area (Å²) in [5.74, 6) is 4.28. The summed E-state index contributed by atoms with van der Waals surface area (Å²) < 4.78 is 51.9. The Bertz CT molecular complexity index is 3480. The molecule has 0 aliphatic carbocycles. The van der Waals surface area contributed by atoms with Gasteiger partial charge in [-0.25, -0.2) is 0 Å². The van der Waals surface area contributed by atoms with E-state index in [0.29, 0.717) is 10.3 Å². The van der Waals surface area contributed by atoms with Crippen molar-refractivity contribution in [3.8, 4) is 23.0 Å². The molecule has 89 heavy (non-hydrogen) atoms. The van der Waals surface area contributed by atoms with Gasteiger partial charge in [0, 0.05) is 88.0 Å². The summed E-state index contributed by atoms with van der Waals surface area (Å²) in [4.78, 5) is 35.6. The molecule has 10 rings (SSSR count). The Kier molecular flexibility index (Phi) is 40.9. The Morgan fingerprint density at radius 1 is 0.551 bits per heavy atom. The number of amidine groups is 1. The van der Waals surface area contributed by atoms with Gasteiger partial charge in [0.15, 0.2) is 11.3 Å². The van der Waals surface area contributed by atoms with Crippen LogP contribution in [0.1, 0.15) is 1.43 Å². The summed E-state index contributed by atoms with van der Waals surface area (Å²) >= 11 is 19.1. The molecule has 0 unspecified atom stereocenters. The monoisotopic (exact) mass is 1500 g/mol. The fourth-order valence-corrected chi connectivity index (χ4v) is 9.15. The summed E-state index contributed by atoms with van der Waals surface area (Å²) in [7, 11) is 11.8. The summed E-state index contributed by atoms with van der Waals surface area (Å²) in [5, 5.41) is 30.9. The van der Waals surface area contributed by atoms with Gasteiger partial charge in [0.25, 0.3) is 11.4 Å². The van der Waals surface area contributed by atoms with Gasteiger partial charge < -0.3 is 42.1 Å². The Balaban J connectivity index is 0.000000542. The predicted molar refractivity (Wildman–Crippen MR) is 363 cm³/mol. The third kappa shape index (κ3) is 36.8. The Labute approximate surface area is 586 Å². The van der Waals surface area contributed by atoms with E-state index in [2.05, 4.69) is 75.0 Å². The zero-order valence-electron chi connectivity index (χ0n) is 49.2. The number of anilines is 2. The van der Waals surface area contributed by atoms with Crippen LogP contribution in [0.2, 0.25) is 5.02 Å². The molecule has 0 saturated carbocycles. The number of nitrogens with zero attached hydrogens (tertiary/aromatic N) is 4. The second-order valence-electron chi connectivity index (χ2n) is 16.5. The molecule has 31 heteroatoms. The van der Waals surface area contributed by atoms with Crippen molar-refractivity contribution in [2.24, 2.45) is 9.98 Å². The molecule has 468 valence electrons. The number of halogens is 4. The van der Waals surface area contributed by atoms with Crippen molar-refractivity contribution < 1.29 is 77.3 Å². The van der Waals surface area contributed by atoms with Crippen LogP contribution >= 0.6 is 89.0 Å². The molecule has 7 N–H and O–H groups in total. The fraction of sp³-hybridized carbons (Fsp3) is 0.138. The minimum atomic E-state index is -4.67. The average molecular weight is 1510 g/mol. The number of hydrogen-bond donors (Lipinski definition) is 7. The topological polar surface area (TPSA) is 285 Å². The van der Waals surface area contributed by atoms with E-state index >= 15 is 0 Å². The van der Waals surface area contributed by atoms with Gasteiger partial charge in [0.1, 0.15) is 23.0 Å². The molecule has 2 heterocycles. The van der Waals surface area contributed by atoms with Gasteiger partial charge in [0.05, 0.1) is 51.4 Å². The van der Waals surface area contributed by atoms with Crippen molar-refractivity contribution in [3.05, 3.63) is 219 Å². The average Bonchev–Trinajstić information content (AvgIpc) is 4.41. The SMILES string of the molecule is COc1ccc(S)cc1.COc1ccc(Sc2ccc(N)cc2)cc1.COc1ccc(Sc2ccc(NC3=NCCN3)cc2)cc1.COc1ccc(Sc2ccc([N+](=O)[O-])cc2)cc1.ClC1=NCCN1.O=S(=O)(O)O.O=[N+]([O-])c1ccc(Cl)cc1.[Cl][Sn][Cl].[H-].[Na+]. The van der Waals surface area contributed by atoms with E-state index in [1.165, 1.54) is 56.0 Å². The number of aliphatic imine (C=N–C) groups is 2. The largest absolute Gasteiger partial charge is 1.00 e. The molecule has 0 saturated heterocycles. The molecule has 0 spiro atoms. The molecule has 2 aliphatic heterocycles. The fourth-order valence-electron chi connectivity index (χ4n) is 6.25. The van der Waals surface area contributed by atoms with Gasteiger partial charge in [-0.2, -0.15) is 8.42 Å². The number of nitrogen functional groups attached to an aromatic ring is 1. The molecule has 0 aromatic heterocycles. The minimum absolute atomic E-state index is 0. The molecule has 8 aromatic carbocycles. The predicted octanol–water partition coefficient (Wildman–Crippen LogP) is 12.3. The van der Waals surface area contributed by atoms with Crippen LogP contribution in [0.15, 0.2) is 238 Å². The second-order valence-corrected chi connectivity index (χ2v) is 26.4. The summed E-state index contributed by atoms with van der Waals surface area (Å²) in [6, 6.07) is 59.7. The van der Waals surface area contributed by atoms with Crippen LogP contribution in [-0.2, 0) is 10.4 Å². The van der Waals surface area contributed by atoms with Gasteiger partial charge in [-0.15, -0.1) is 12.6 Å². The number of nitrogens with one attached hydrogen (secondary N) is 3. The van der Waals surface area contributed by atoms with Gasteiger partial charge >= 0.3 is 76.7 Å². The van der Waals surface area contributed by atoms with E-state index in [1.807, 2.05) is 109 Å². The molecular formula is C58H61Cl4N8NaO12S5Sn. The molecular weight excluding hydrogens is 1440 g/mol. The van der Waals surface area contributed by atoms with Crippen molar-refractivity contribution in [2.75, 3.05) is 65.7 Å². The number of nitro groups is 2. The van der Waals surface area contributed by atoms with Crippen LogP contribution in [0.25, 0.3) is 0 Å². The third-order valence-corrected chi connectivity index (χ3v) is 14.2. The van der Waals surface area contributed by atoms with E-state index in [1.54, 1.807) is 75.9 Å². The van der Waals surface area contributed by atoms with E-state index in [9.17, 15) is 20.2 Å². The maximum absolute atomic E-state index is 10.5. The van der Waals surface area contributed by atoms with Crippen molar-refractivity contribution in [2.45, 2.75) is 34.3 Å². The number of nitrogens with two attached hydrogens (primary N) is 1. The first-order valence-corrected chi connectivity index (χ1v) is 37.5. The molecule has 2 aliphatic rings. The van der Waals surface area contributed by atoms with Crippen LogP contribution in [0.3, 0.4) is 0 Å². The third-order valence-electron chi connectivity index (χ3n) is 10.3. The number of rotatable bonds is 13. The van der Waals surface area contributed by atoms with Crippen molar-refractivity contribution in [1.82, 2.24) is 10.6 Å². The zero-order chi connectivity index (χ0) is 64.7. The van der Waals surface area contributed by atoms with Crippen molar-refractivity contribution in [1.29, 1.82) is 0 Å². The molecule has 0 bridgehead atoms. The van der Waals surface area contributed by atoms with Crippen LogP contribution in [0.5, 0.6) is 23.0 Å². The number of hydrogen-bond acceptors (Lipinski definition) is 20.